The van der Waals surface area contributed by atoms with Gasteiger partial charge in [-0.25, -0.2) is 0 Å². The third kappa shape index (κ3) is 7.53. The van der Waals surface area contributed by atoms with Gasteiger partial charge in [-0.1, -0.05) is 11.6 Å². The molecule has 1 amide bonds. The number of carboxylic acid groups (broad SMARTS) is 1. The van der Waals surface area contributed by atoms with Crippen LogP contribution < -0.4 is 15.8 Å². The first-order chi connectivity index (χ1) is 9.99. The van der Waals surface area contributed by atoms with E-state index < -0.39 is 12.0 Å². The van der Waals surface area contributed by atoms with Gasteiger partial charge < -0.3 is 20.9 Å². The maximum absolute atomic E-state index is 11.5. The molecule has 7 heteroatoms. The molecule has 0 aromatic heterocycles. The highest BCUT2D eigenvalue weighted by atomic mass is 35.5. The van der Waals surface area contributed by atoms with Crippen molar-refractivity contribution in [3.8, 4) is 5.75 Å². The van der Waals surface area contributed by atoms with Gasteiger partial charge in [-0.15, -0.1) is 0 Å². The Kier molecular flexibility index (Phi) is 7.56. The number of amides is 1. The molecule has 0 heterocycles. The molecule has 0 unspecified atom stereocenters. The van der Waals surface area contributed by atoms with E-state index in [1.54, 1.807) is 24.3 Å². The molecule has 1 rings (SSSR count). The molecule has 0 saturated carbocycles. The average Bonchev–Trinajstić information content (AvgIpc) is 2.46. The van der Waals surface area contributed by atoms with E-state index in [0.29, 0.717) is 36.6 Å². The molecule has 0 spiro atoms. The van der Waals surface area contributed by atoms with Gasteiger partial charge in [0.25, 0.3) is 5.91 Å². The van der Waals surface area contributed by atoms with Crippen LogP contribution in [0.25, 0.3) is 0 Å². The molecule has 1 aromatic carbocycles. The summed E-state index contributed by atoms with van der Waals surface area (Å²) in [7, 11) is 0. The maximum atomic E-state index is 11.5. The number of benzene rings is 1. The number of carbonyl (C=O) groups excluding carboxylic acids is 1. The number of nitrogens with one attached hydrogen (secondary N) is 1. The first-order valence-corrected chi connectivity index (χ1v) is 7.00. The minimum Gasteiger partial charge on any atom is -0.484 e. The number of rotatable bonds is 9. The molecule has 0 aliphatic carbocycles. The smallest absolute Gasteiger partial charge is 0.320 e. The summed E-state index contributed by atoms with van der Waals surface area (Å²) < 4.78 is 5.28. The van der Waals surface area contributed by atoms with Crippen molar-refractivity contribution in [1.82, 2.24) is 5.32 Å². The fourth-order valence-corrected chi connectivity index (χ4v) is 1.70. The lowest BCUT2D eigenvalue weighted by Gasteiger charge is -2.08. The largest absolute Gasteiger partial charge is 0.484 e. The topological polar surface area (TPSA) is 102 Å². The fourth-order valence-electron chi connectivity index (χ4n) is 1.57. The molecule has 0 aliphatic rings. The molecule has 0 fully saturated rings. The van der Waals surface area contributed by atoms with Crippen LogP contribution in [0.1, 0.15) is 19.3 Å². The Labute approximate surface area is 128 Å². The standard InChI is InChI=1S/C14H19ClN2O4/c15-10-4-6-11(7-5-10)21-9-13(18)17-8-2-1-3-12(16)14(19)20/h4-7,12H,1-3,8-9,16H2,(H,17,18)(H,19,20)/t12-/m0/s1. The number of unbranched alkanes of at least 4 members (excludes halogenated alkanes) is 1. The minimum absolute atomic E-state index is 0.0731. The summed E-state index contributed by atoms with van der Waals surface area (Å²) in [6.07, 6.45) is 1.71. The fraction of sp³-hybridized carbons (Fsp3) is 0.429. The molecule has 0 bridgehead atoms. The summed E-state index contributed by atoms with van der Waals surface area (Å²) in [5.41, 5.74) is 5.36. The van der Waals surface area contributed by atoms with Crippen LogP contribution in [0.5, 0.6) is 5.75 Å². The monoisotopic (exact) mass is 314 g/mol. The van der Waals surface area contributed by atoms with Crippen LogP contribution in [0.2, 0.25) is 5.02 Å². The number of carbonyl (C=O) groups is 2. The summed E-state index contributed by atoms with van der Waals surface area (Å²) in [6.45, 7) is 0.394. The van der Waals surface area contributed by atoms with E-state index in [1.165, 1.54) is 0 Å². The molecule has 1 aromatic rings. The third-order valence-corrected chi connectivity index (χ3v) is 3.02. The van der Waals surface area contributed by atoms with Gasteiger partial charge in [0.15, 0.2) is 6.61 Å². The number of carboxylic acids is 1. The highest BCUT2D eigenvalue weighted by molar-refractivity contribution is 6.30. The summed E-state index contributed by atoms with van der Waals surface area (Å²) >= 11 is 5.73. The van der Waals surface area contributed by atoms with Crippen molar-refractivity contribution in [2.75, 3.05) is 13.2 Å². The lowest BCUT2D eigenvalue weighted by atomic mass is 10.1. The van der Waals surface area contributed by atoms with Gasteiger partial charge in [0.05, 0.1) is 0 Å². The van der Waals surface area contributed by atoms with Crippen molar-refractivity contribution in [3.63, 3.8) is 0 Å². The van der Waals surface area contributed by atoms with E-state index in [1.807, 2.05) is 0 Å². The number of halogens is 1. The molecule has 0 radical (unpaired) electrons. The zero-order valence-electron chi connectivity index (χ0n) is 11.5. The highest BCUT2D eigenvalue weighted by Gasteiger charge is 2.10. The third-order valence-electron chi connectivity index (χ3n) is 2.76. The quantitative estimate of drug-likeness (QED) is 0.598. The summed E-state index contributed by atoms with van der Waals surface area (Å²) in [5, 5.41) is 11.9. The highest BCUT2D eigenvalue weighted by Crippen LogP contribution is 2.15. The average molecular weight is 315 g/mol. The van der Waals surface area contributed by atoms with Crippen molar-refractivity contribution >= 4 is 23.5 Å². The molecular formula is C14H19ClN2O4. The van der Waals surface area contributed by atoms with E-state index in [2.05, 4.69) is 5.32 Å². The number of hydrogen-bond acceptors (Lipinski definition) is 4. The van der Waals surface area contributed by atoms with Crippen LogP contribution in [0.4, 0.5) is 0 Å². The molecule has 116 valence electrons. The van der Waals surface area contributed by atoms with Crippen molar-refractivity contribution in [2.45, 2.75) is 25.3 Å². The van der Waals surface area contributed by atoms with Crippen LogP contribution in [0.15, 0.2) is 24.3 Å². The molecule has 0 saturated heterocycles. The van der Waals surface area contributed by atoms with E-state index in [-0.39, 0.29) is 12.5 Å². The van der Waals surface area contributed by atoms with Gasteiger partial charge in [0.1, 0.15) is 11.8 Å². The molecule has 4 N–H and O–H groups in total. The Morgan fingerprint density at radius 1 is 1.29 bits per heavy atom. The van der Waals surface area contributed by atoms with Crippen LogP contribution in [-0.2, 0) is 9.59 Å². The van der Waals surface area contributed by atoms with Crippen molar-refractivity contribution in [2.24, 2.45) is 5.73 Å². The number of nitrogens with two attached hydrogens (primary N) is 1. The Hall–Kier alpha value is -1.79. The van der Waals surface area contributed by atoms with Crippen LogP contribution in [-0.4, -0.2) is 36.2 Å². The van der Waals surface area contributed by atoms with E-state index in [0.717, 1.165) is 0 Å². The summed E-state index contributed by atoms with van der Waals surface area (Å²) in [4.78, 5) is 22.0. The van der Waals surface area contributed by atoms with E-state index in [9.17, 15) is 9.59 Å². The van der Waals surface area contributed by atoms with Crippen LogP contribution in [0.3, 0.4) is 0 Å². The SMILES string of the molecule is N[C@@H](CCCCNC(=O)COc1ccc(Cl)cc1)C(=O)O. The Balaban J connectivity index is 2.09. The normalized spacial score (nSPS) is 11.7. The number of hydrogen-bond donors (Lipinski definition) is 3. The summed E-state index contributed by atoms with van der Waals surface area (Å²) in [6, 6.07) is 5.89. The van der Waals surface area contributed by atoms with Gasteiger partial charge in [-0.2, -0.15) is 0 Å². The van der Waals surface area contributed by atoms with E-state index >= 15 is 0 Å². The van der Waals surface area contributed by atoms with E-state index in [4.69, 9.17) is 27.2 Å². The van der Waals surface area contributed by atoms with Crippen molar-refractivity contribution in [3.05, 3.63) is 29.3 Å². The van der Waals surface area contributed by atoms with Crippen LogP contribution in [0, 0.1) is 0 Å². The summed E-state index contributed by atoms with van der Waals surface area (Å²) in [5.74, 6) is -0.662. The second-order valence-electron chi connectivity index (χ2n) is 4.53. The second-order valence-corrected chi connectivity index (χ2v) is 4.97. The Morgan fingerprint density at radius 2 is 1.95 bits per heavy atom. The van der Waals surface area contributed by atoms with Crippen molar-refractivity contribution in [1.29, 1.82) is 0 Å². The lowest BCUT2D eigenvalue weighted by molar-refractivity contribution is -0.138. The molecule has 0 aliphatic heterocycles. The molecule has 21 heavy (non-hydrogen) atoms. The van der Waals surface area contributed by atoms with Gasteiger partial charge >= 0.3 is 5.97 Å². The molecule has 6 nitrogen and oxygen atoms in total. The maximum Gasteiger partial charge on any atom is 0.320 e. The van der Waals surface area contributed by atoms with Gasteiger partial charge in [-0.05, 0) is 43.5 Å². The first-order valence-electron chi connectivity index (χ1n) is 6.62. The lowest BCUT2D eigenvalue weighted by Crippen LogP contribution is -2.31. The predicted octanol–water partition coefficient (Wildman–Crippen LogP) is 1.42. The number of aliphatic carboxylic acids is 1. The Bertz CT molecular complexity index is 465. The van der Waals surface area contributed by atoms with Gasteiger partial charge in [0.2, 0.25) is 0 Å². The Morgan fingerprint density at radius 3 is 2.57 bits per heavy atom. The van der Waals surface area contributed by atoms with Gasteiger partial charge in [0, 0.05) is 11.6 Å². The second kappa shape index (κ2) is 9.20. The van der Waals surface area contributed by atoms with Crippen LogP contribution >= 0.6 is 11.6 Å². The first kappa shape index (κ1) is 17.3. The molecular weight excluding hydrogens is 296 g/mol. The number of ether oxygens (including phenoxy) is 1. The van der Waals surface area contributed by atoms with Crippen molar-refractivity contribution < 1.29 is 19.4 Å². The van der Waals surface area contributed by atoms with Gasteiger partial charge in [-0.3, -0.25) is 9.59 Å². The zero-order chi connectivity index (χ0) is 15.7. The molecule has 1 atom stereocenters. The zero-order valence-corrected chi connectivity index (χ0v) is 12.3. The minimum atomic E-state index is -1.00. The predicted molar refractivity (Wildman–Crippen MR) is 79.4 cm³/mol.